The smallest absolute Gasteiger partial charge is 0.123 e. The maximum Gasteiger partial charge on any atom is 0.123 e. The summed E-state index contributed by atoms with van der Waals surface area (Å²) in [6, 6.07) is 0. The van der Waals surface area contributed by atoms with E-state index in [0.29, 0.717) is 6.61 Å². The van der Waals surface area contributed by atoms with Crippen molar-refractivity contribution in [3.63, 3.8) is 0 Å². The first kappa shape index (κ1) is 8.60. The van der Waals surface area contributed by atoms with Gasteiger partial charge in [-0.25, -0.2) is 0 Å². The van der Waals surface area contributed by atoms with Crippen molar-refractivity contribution in [1.29, 1.82) is 0 Å². The first-order chi connectivity index (χ1) is 5.25. The predicted octanol–water partition coefficient (Wildman–Crippen LogP) is 2.11. The second kappa shape index (κ2) is 3.77. The zero-order chi connectivity index (χ0) is 8.27. The van der Waals surface area contributed by atoms with E-state index in [2.05, 4.69) is 13.8 Å². The highest BCUT2D eigenvalue weighted by molar-refractivity contribution is 5.10. The van der Waals surface area contributed by atoms with E-state index in [0.717, 1.165) is 18.8 Å². The summed E-state index contributed by atoms with van der Waals surface area (Å²) in [6.45, 7) is 7.69. The maximum atomic E-state index is 5.50. The van der Waals surface area contributed by atoms with Gasteiger partial charge in [0.15, 0.2) is 0 Å². The third-order valence-corrected chi connectivity index (χ3v) is 2.03. The minimum atomic E-state index is 0.156. The second-order valence-corrected chi connectivity index (χ2v) is 2.86. The summed E-state index contributed by atoms with van der Waals surface area (Å²) < 4.78 is 10.9. The number of allylic oxidation sites excluding steroid dienone is 1. The van der Waals surface area contributed by atoms with E-state index in [-0.39, 0.29) is 6.10 Å². The Hall–Kier alpha value is -0.500. The Balaban J connectivity index is 2.67. The molecule has 0 spiro atoms. The first-order valence-electron chi connectivity index (χ1n) is 4.19. The molecule has 0 saturated carbocycles. The van der Waals surface area contributed by atoms with Crippen molar-refractivity contribution in [2.24, 2.45) is 0 Å². The molecule has 0 radical (unpaired) electrons. The number of rotatable bonds is 1. The highest BCUT2D eigenvalue weighted by atomic mass is 16.6. The van der Waals surface area contributed by atoms with Crippen LogP contribution < -0.4 is 0 Å². The second-order valence-electron chi connectivity index (χ2n) is 2.86. The number of ether oxygens (including phenoxy) is 2. The Morgan fingerprint density at radius 3 is 2.82 bits per heavy atom. The largest absolute Gasteiger partial charge is 0.493 e. The quantitative estimate of drug-likeness (QED) is 0.579. The van der Waals surface area contributed by atoms with Crippen molar-refractivity contribution in [2.45, 2.75) is 33.3 Å². The molecule has 1 heterocycles. The van der Waals surface area contributed by atoms with Crippen LogP contribution in [-0.4, -0.2) is 19.3 Å². The predicted molar refractivity (Wildman–Crippen MR) is 44.4 cm³/mol. The van der Waals surface area contributed by atoms with E-state index in [1.165, 1.54) is 5.57 Å². The summed E-state index contributed by atoms with van der Waals surface area (Å²) in [4.78, 5) is 0. The molecule has 0 aromatic heterocycles. The average molecular weight is 156 g/mol. The van der Waals surface area contributed by atoms with Gasteiger partial charge in [-0.3, -0.25) is 0 Å². The van der Waals surface area contributed by atoms with Crippen LogP contribution in [0.25, 0.3) is 0 Å². The van der Waals surface area contributed by atoms with Gasteiger partial charge in [-0.1, -0.05) is 6.92 Å². The molecule has 1 rings (SSSR count). The topological polar surface area (TPSA) is 18.5 Å². The summed E-state index contributed by atoms with van der Waals surface area (Å²) in [5.74, 6) is 1.04. The molecule has 1 aliphatic rings. The zero-order valence-electron chi connectivity index (χ0n) is 7.52. The minimum Gasteiger partial charge on any atom is -0.493 e. The molecule has 11 heavy (non-hydrogen) atoms. The molecule has 64 valence electrons. The lowest BCUT2D eigenvalue weighted by Crippen LogP contribution is -2.24. The molecular weight excluding hydrogens is 140 g/mol. The third kappa shape index (κ3) is 1.96. The lowest BCUT2D eigenvalue weighted by atomic mass is 10.1. The minimum absolute atomic E-state index is 0.156. The lowest BCUT2D eigenvalue weighted by molar-refractivity contribution is -0.0355. The number of hydrogen-bond acceptors (Lipinski definition) is 2. The fourth-order valence-electron chi connectivity index (χ4n) is 1.21. The van der Waals surface area contributed by atoms with Crippen molar-refractivity contribution in [3.8, 4) is 0 Å². The Bertz CT molecular complexity index is 161. The van der Waals surface area contributed by atoms with Gasteiger partial charge in [0.05, 0.1) is 6.61 Å². The van der Waals surface area contributed by atoms with Crippen LogP contribution in [0, 0.1) is 0 Å². The van der Waals surface area contributed by atoms with Crippen LogP contribution in [0.4, 0.5) is 0 Å². The van der Waals surface area contributed by atoms with E-state index >= 15 is 0 Å². The van der Waals surface area contributed by atoms with Gasteiger partial charge in [-0.05, 0) is 25.8 Å². The van der Waals surface area contributed by atoms with Crippen LogP contribution in [0.1, 0.15) is 27.2 Å². The average Bonchev–Trinajstić information content (AvgIpc) is 2.04. The third-order valence-electron chi connectivity index (χ3n) is 2.03. The lowest BCUT2D eigenvalue weighted by Gasteiger charge is -2.25. The molecule has 0 aliphatic carbocycles. The molecule has 1 atom stereocenters. The van der Waals surface area contributed by atoms with Crippen molar-refractivity contribution in [1.82, 2.24) is 0 Å². The normalized spacial score (nSPS) is 29.5. The van der Waals surface area contributed by atoms with Gasteiger partial charge in [-0.15, -0.1) is 0 Å². The Morgan fingerprint density at radius 1 is 1.55 bits per heavy atom. The van der Waals surface area contributed by atoms with Gasteiger partial charge in [0.1, 0.15) is 18.5 Å². The molecule has 2 heteroatoms. The highest BCUT2D eigenvalue weighted by Crippen LogP contribution is 2.19. The molecule has 0 aromatic rings. The first-order valence-corrected chi connectivity index (χ1v) is 4.19. The molecule has 2 nitrogen and oxygen atoms in total. The van der Waals surface area contributed by atoms with Crippen LogP contribution in [-0.2, 0) is 9.47 Å². The van der Waals surface area contributed by atoms with E-state index in [1.54, 1.807) is 0 Å². The molecule has 0 N–H and O–H groups in total. The zero-order valence-corrected chi connectivity index (χ0v) is 7.52. The molecule has 0 amide bonds. The van der Waals surface area contributed by atoms with Crippen molar-refractivity contribution >= 4 is 0 Å². The van der Waals surface area contributed by atoms with Crippen LogP contribution in [0.15, 0.2) is 11.3 Å². The summed E-state index contributed by atoms with van der Waals surface area (Å²) >= 11 is 0. The van der Waals surface area contributed by atoms with Gasteiger partial charge >= 0.3 is 0 Å². The summed E-state index contributed by atoms with van der Waals surface area (Å²) in [5.41, 5.74) is 1.30. The molecular formula is C9H16O2. The summed E-state index contributed by atoms with van der Waals surface area (Å²) in [5, 5.41) is 0. The molecule has 0 aromatic carbocycles. The molecule has 1 unspecified atom stereocenters. The van der Waals surface area contributed by atoms with E-state index in [9.17, 15) is 0 Å². The van der Waals surface area contributed by atoms with Crippen LogP contribution >= 0.6 is 0 Å². The van der Waals surface area contributed by atoms with Crippen molar-refractivity contribution < 1.29 is 9.47 Å². The standard InChI is InChI=1S/C9H16O2/c1-4-7(2)9-8(3)10-5-6-11-9/h8H,4-6H2,1-3H3/b9-7-. The SMILES string of the molecule is CC/C(C)=C1\OCCOC1C. The summed E-state index contributed by atoms with van der Waals surface area (Å²) in [7, 11) is 0. The van der Waals surface area contributed by atoms with Crippen LogP contribution in [0.5, 0.6) is 0 Å². The van der Waals surface area contributed by atoms with Gasteiger partial charge in [0.2, 0.25) is 0 Å². The van der Waals surface area contributed by atoms with Gasteiger partial charge in [0.25, 0.3) is 0 Å². The Labute approximate surface area is 68.2 Å². The maximum absolute atomic E-state index is 5.50. The molecule has 0 bridgehead atoms. The van der Waals surface area contributed by atoms with E-state index in [4.69, 9.17) is 9.47 Å². The fourth-order valence-corrected chi connectivity index (χ4v) is 1.21. The van der Waals surface area contributed by atoms with Crippen LogP contribution in [0.2, 0.25) is 0 Å². The van der Waals surface area contributed by atoms with Gasteiger partial charge < -0.3 is 9.47 Å². The van der Waals surface area contributed by atoms with Crippen molar-refractivity contribution in [3.05, 3.63) is 11.3 Å². The fraction of sp³-hybridized carbons (Fsp3) is 0.778. The number of hydrogen-bond donors (Lipinski definition) is 0. The van der Waals surface area contributed by atoms with Gasteiger partial charge in [-0.2, -0.15) is 0 Å². The highest BCUT2D eigenvalue weighted by Gasteiger charge is 2.17. The van der Waals surface area contributed by atoms with E-state index in [1.807, 2.05) is 6.92 Å². The Kier molecular flexibility index (Phi) is 2.94. The monoisotopic (exact) mass is 156 g/mol. The van der Waals surface area contributed by atoms with Crippen LogP contribution in [0.3, 0.4) is 0 Å². The van der Waals surface area contributed by atoms with E-state index < -0.39 is 0 Å². The molecule has 1 fully saturated rings. The summed E-state index contributed by atoms with van der Waals surface area (Å²) in [6.07, 6.45) is 1.20. The molecule has 1 saturated heterocycles. The van der Waals surface area contributed by atoms with Gasteiger partial charge in [0, 0.05) is 0 Å². The van der Waals surface area contributed by atoms with Crippen molar-refractivity contribution in [2.75, 3.05) is 13.2 Å². The Morgan fingerprint density at radius 2 is 2.27 bits per heavy atom. The molecule has 1 aliphatic heterocycles.